The predicted octanol–water partition coefficient (Wildman–Crippen LogP) is 1.76. The van der Waals surface area contributed by atoms with Crippen molar-refractivity contribution in [2.75, 3.05) is 5.73 Å². The maximum absolute atomic E-state index is 13.1. The number of hydrogen-bond donors (Lipinski definition) is 2. The van der Waals surface area contributed by atoms with Crippen LogP contribution >= 0.6 is 0 Å². The fourth-order valence-electron chi connectivity index (χ4n) is 1.95. The van der Waals surface area contributed by atoms with E-state index in [4.69, 9.17) is 5.73 Å². The van der Waals surface area contributed by atoms with Gasteiger partial charge in [0.15, 0.2) is 0 Å². The summed E-state index contributed by atoms with van der Waals surface area (Å²) in [5, 5.41) is 2.97. The number of rotatable bonds is 2. The summed E-state index contributed by atoms with van der Waals surface area (Å²) < 4.78 is 14.4. The molecule has 5 heteroatoms. The lowest BCUT2D eigenvalue weighted by molar-refractivity contribution is 0.625. The Hall–Kier alpha value is -2.04. The summed E-state index contributed by atoms with van der Waals surface area (Å²) in [5.41, 5.74) is 6.94. The molecule has 0 radical (unpaired) electrons. The molecule has 0 aliphatic heterocycles. The van der Waals surface area contributed by atoms with Crippen molar-refractivity contribution in [1.82, 2.24) is 9.78 Å². The lowest BCUT2D eigenvalue weighted by Crippen LogP contribution is -2.16. The van der Waals surface area contributed by atoms with Crippen molar-refractivity contribution in [3.63, 3.8) is 0 Å². The van der Waals surface area contributed by atoms with Crippen molar-refractivity contribution >= 4 is 5.69 Å². The average Bonchev–Trinajstić information content (AvgIpc) is 3.09. The van der Waals surface area contributed by atoms with Crippen LogP contribution in [0.2, 0.25) is 0 Å². The summed E-state index contributed by atoms with van der Waals surface area (Å²) in [4.78, 5) is 11.9. The van der Waals surface area contributed by atoms with Gasteiger partial charge in [-0.3, -0.25) is 9.89 Å². The van der Waals surface area contributed by atoms with Gasteiger partial charge in [-0.15, -0.1) is 0 Å². The molecule has 0 unspecified atom stereocenters. The van der Waals surface area contributed by atoms with Crippen LogP contribution in [0.4, 0.5) is 10.1 Å². The van der Waals surface area contributed by atoms with E-state index in [2.05, 4.69) is 5.10 Å². The minimum atomic E-state index is -0.379. The van der Waals surface area contributed by atoms with E-state index in [0.717, 1.165) is 18.5 Å². The summed E-state index contributed by atoms with van der Waals surface area (Å²) in [6.07, 6.45) is 2.10. The van der Waals surface area contributed by atoms with Crippen LogP contribution in [0.3, 0.4) is 0 Å². The molecule has 0 atom stereocenters. The van der Waals surface area contributed by atoms with Crippen LogP contribution < -0.4 is 11.3 Å². The van der Waals surface area contributed by atoms with E-state index in [1.807, 2.05) is 0 Å². The van der Waals surface area contributed by atoms with E-state index >= 15 is 0 Å². The van der Waals surface area contributed by atoms with Crippen LogP contribution in [0, 0.1) is 5.82 Å². The van der Waals surface area contributed by atoms with Gasteiger partial charge >= 0.3 is 0 Å². The van der Waals surface area contributed by atoms with E-state index < -0.39 is 0 Å². The standard InChI is InChI=1S/C12H12FN3O/c13-8-2-1-3-9(6-8)16-12(17)10(14)11(15-16)7-4-5-7/h1-3,6-7,15H,4-5,14H2. The highest BCUT2D eigenvalue weighted by molar-refractivity contribution is 5.47. The fourth-order valence-corrected chi connectivity index (χ4v) is 1.95. The minimum Gasteiger partial charge on any atom is -0.393 e. The van der Waals surface area contributed by atoms with Gasteiger partial charge in [-0.1, -0.05) is 6.07 Å². The number of aromatic nitrogens is 2. The van der Waals surface area contributed by atoms with Gasteiger partial charge in [0.05, 0.1) is 11.4 Å². The van der Waals surface area contributed by atoms with Crippen molar-refractivity contribution in [1.29, 1.82) is 0 Å². The molecule has 1 aliphatic carbocycles. The van der Waals surface area contributed by atoms with Gasteiger partial charge in [-0.05, 0) is 31.0 Å². The second-order valence-electron chi connectivity index (χ2n) is 4.33. The Morgan fingerprint density at radius 2 is 2.18 bits per heavy atom. The number of anilines is 1. The smallest absolute Gasteiger partial charge is 0.294 e. The molecule has 2 aromatic rings. The monoisotopic (exact) mass is 233 g/mol. The highest BCUT2D eigenvalue weighted by atomic mass is 19.1. The third-order valence-corrected chi connectivity index (χ3v) is 3.01. The number of nitrogens with one attached hydrogen (secondary N) is 1. The Morgan fingerprint density at radius 1 is 1.41 bits per heavy atom. The Balaban J connectivity index is 2.15. The van der Waals surface area contributed by atoms with Crippen LogP contribution in [0.5, 0.6) is 0 Å². The first-order chi connectivity index (χ1) is 8.16. The second kappa shape index (κ2) is 3.48. The van der Waals surface area contributed by atoms with Crippen molar-refractivity contribution in [2.45, 2.75) is 18.8 Å². The fraction of sp³-hybridized carbons (Fsp3) is 0.250. The van der Waals surface area contributed by atoms with Crippen LogP contribution in [-0.4, -0.2) is 9.78 Å². The van der Waals surface area contributed by atoms with Gasteiger partial charge in [0, 0.05) is 5.92 Å². The first-order valence-electron chi connectivity index (χ1n) is 5.53. The molecule has 1 aromatic carbocycles. The highest BCUT2D eigenvalue weighted by Crippen LogP contribution is 2.40. The molecule has 3 N–H and O–H groups in total. The highest BCUT2D eigenvalue weighted by Gasteiger charge is 2.29. The first kappa shape index (κ1) is 10.1. The van der Waals surface area contributed by atoms with Crippen molar-refractivity contribution in [3.8, 4) is 5.69 Å². The largest absolute Gasteiger partial charge is 0.393 e. The molecule has 0 bridgehead atoms. The Bertz CT molecular complexity index is 625. The number of aromatic amines is 1. The van der Waals surface area contributed by atoms with Crippen molar-refractivity contribution in [2.24, 2.45) is 0 Å². The molecule has 0 spiro atoms. The topological polar surface area (TPSA) is 63.8 Å². The third-order valence-electron chi connectivity index (χ3n) is 3.01. The zero-order chi connectivity index (χ0) is 12.0. The maximum atomic E-state index is 13.1. The number of nitrogens with two attached hydrogens (primary N) is 1. The summed E-state index contributed by atoms with van der Waals surface area (Å²) in [7, 11) is 0. The van der Waals surface area contributed by atoms with E-state index in [0.29, 0.717) is 11.6 Å². The molecule has 88 valence electrons. The predicted molar refractivity (Wildman–Crippen MR) is 62.7 cm³/mol. The molecular formula is C12H12FN3O. The lowest BCUT2D eigenvalue weighted by Gasteiger charge is -2.01. The van der Waals surface area contributed by atoms with Crippen LogP contribution in [-0.2, 0) is 0 Å². The molecule has 3 rings (SSSR count). The van der Waals surface area contributed by atoms with E-state index in [1.54, 1.807) is 12.1 Å². The third kappa shape index (κ3) is 1.63. The number of hydrogen-bond acceptors (Lipinski definition) is 2. The van der Waals surface area contributed by atoms with Crippen LogP contribution in [0.15, 0.2) is 29.1 Å². The van der Waals surface area contributed by atoms with Crippen molar-refractivity contribution in [3.05, 3.63) is 46.1 Å². The molecule has 1 aromatic heterocycles. The van der Waals surface area contributed by atoms with Gasteiger partial charge < -0.3 is 5.73 Å². The molecule has 1 saturated carbocycles. The average molecular weight is 233 g/mol. The Kier molecular flexibility index (Phi) is 2.07. The Labute approximate surface area is 96.9 Å². The molecule has 0 amide bonds. The van der Waals surface area contributed by atoms with Gasteiger partial charge in [-0.25, -0.2) is 9.07 Å². The number of nitrogens with zero attached hydrogens (tertiary/aromatic N) is 1. The van der Waals surface area contributed by atoms with E-state index in [1.165, 1.54) is 16.8 Å². The number of benzene rings is 1. The van der Waals surface area contributed by atoms with Crippen molar-refractivity contribution < 1.29 is 4.39 Å². The van der Waals surface area contributed by atoms with Crippen LogP contribution in [0.25, 0.3) is 5.69 Å². The summed E-state index contributed by atoms with van der Waals surface area (Å²) >= 11 is 0. The molecule has 17 heavy (non-hydrogen) atoms. The molecule has 0 saturated heterocycles. The van der Waals surface area contributed by atoms with Gasteiger partial charge in [0.1, 0.15) is 11.5 Å². The number of H-pyrrole nitrogens is 1. The Morgan fingerprint density at radius 3 is 2.82 bits per heavy atom. The van der Waals surface area contributed by atoms with Gasteiger partial charge in [0.2, 0.25) is 0 Å². The minimum absolute atomic E-state index is 0.247. The summed E-state index contributed by atoms with van der Waals surface area (Å²) in [5.74, 6) is -0.0203. The van der Waals surface area contributed by atoms with E-state index in [9.17, 15) is 9.18 Å². The van der Waals surface area contributed by atoms with E-state index in [-0.39, 0.29) is 17.1 Å². The lowest BCUT2D eigenvalue weighted by atomic mass is 10.3. The quantitative estimate of drug-likeness (QED) is 0.830. The van der Waals surface area contributed by atoms with Gasteiger partial charge in [0.25, 0.3) is 5.56 Å². The summed E-state index contributed by atoms with van der Waals surface area (Å²) in [6, 6.07) is 5.86. The van der Waals surface area contributed by atoms with Crippen LogP contribution in [0.1, 0.15) is 24.5 Å². The molecule has 1 aliphatic rings. The normalized spacial score (nSPS) is 15.1. The first-order valence-corrected chi connectivity index (χ1v) is 5.53. The molecule has 1 heterocycles. The number of nitrogen functional groups attached to an aromatic ring is 1. The zero-order valence-electron chi connectivity index (χ0n) is 9.11. The SMILES string of the molecule is Nc1c(C2CC2)[nH]n(-c2cccc(F)c2)c1=O. The molecular weight excluding hydrogens is 221 g/mol. The maximum Gasteiger partial charge on any atom is 0.294 e. The molecule has 1 fully saturated rings. The van der Waals surface area contributed by atoms with Gasteiger partial charge in [-0.2, -0.15) is 0 Å². The second-order valence-corrected chi connectivity index (χ2v) is 4.33. The molecule has 4 nitrogen and oxygen atoms in total. The zero-order valence-corrected chi connectivity index (χ0v) is 9.11. The summed E-state index contributed by atoms with van der Waals surface area (Å²) in [6.45, 7) is 0. The number of halogens is 1.